The van der Waals surface area contributed by atoms with Crippen molar-refractivity contribution >= 4 is 35.0 Å². The molecular formula is C24H32N4O2S. The van der Waals surface area contributed by atoms with Crippen molar-refractivity contribution in [2.45, 2.75) is 20.4 Å². The molecule has 1 fully saturated rings. The summed E-state index contributed by atoms with van der Waals surface area (Å²) in [6.45, 7) is 7.42. The minimum Gasteiger partial charge on any atom is -0.325 e. The first-order valence-electron chi connectivity index (χ1n) is 10.6. The molecule has 0 bridgehead atoms. The third-order valence-corrected chi connectivity index (χ3v) is 6.37. The Morgan fingerprint density at radius 3 is 2.42 bits per heavy atom. The van der Waals surface area contributed by atoms with E-state index in [9.17, 15) is 9.59 Å². The van der Waals surface area contributed by atoms with Gasteiger partial charge in [-0.05, 0) is 55.8 Å². The van der Waals surface area contributed by atoms with Crippen molar-refractivity contribution in [3.63, 3.8) is 0 Å². The molecule has 6 nitrogen and oxygen atoms in total. The Balaban J connectivity index is 1.47. The van der Waals surface area contributed by atoms with Gasteiger partial charge in [0.25, 0.3) is 0 Å². The lowest BCUT2D eigenvalue weighted by Crippen LogP contribution is -2.36. The molecule has 2 aromatic carbocycles. The molecule has 1 aliphatic heterocycles. The van der Waals surface area contributed by atoms with E-state index in [1.54, 1.807) is 11.9 Å². The number of rotatable bonds is 8. The summed E-state index contributed by atoms with van der Waals surface area (Å²) in [6.07, 6.45) is 0. The molecule has 166 valence electrons. The van der Waals surface area contributed by atoms with Crippen molar-refractivity contribution in [3.05, 3.63) is 59.2 Å². The fourth-order valence-corrected chi connectivity index (χ4v) is 4.57. The van der Waals surface area contributed by atoms with Gasteiger partial charge in [-0.3, -0.25) is 19.4 Å². The van der Waals surface area contributed by atoms with E-state index < -0.39 is 0 Å². The van der Waals surface area contributed by atoms with Crippen molar-refractivity contribution in [2.75, 3.05) is 55.4 Å². The second-order valence-electron chi connectivity index (χ2n) is 8.11. The fraction of sp³-hybridized carbons (Fsp3) is 0.417. The lowest BCUT2D eigenvalue weighted by atomic mass is 10.1. The molecule has 0 radical (unpaired) electrons. The number of aryl methyl sites for hydroxylation is 1. The summed E-state index contributed by atoms with van der Waals surface area (Å²) >= 11 is 2.00. The molecule has 0 saturated carbocycles. The van der Waals surface area contributed by atoms with Crippen LogP contribution < -0.4 is 10.6 Å². The van der Waals surface area contributed by atoms with Gasteiger partial charge >= 0.3 is 0 Å². The highest BCUT2D eigenvalue weighted by molar-refractivity contribution is 7.99. The first kappa shape index (κ1) is 23.3. The monoisotopic (exact) mass is 440 g/mol. The number of hydrogen-bond acceptors (Lipinski definition) is 5. The molecule has 0 unspecified atom stereocenters. The van der Waals surface area contributed by atoms with Gasteiger partial charge in [0, 0.05) is 42.5 Å². The van der Waals surface area contributed by atoms with Gasteiger partial charge in [0.05, 0.1) is 13.1 Å². The number of carbonyl (C=O) groups excluding carboxylic acids is 2. The maximum atomic E-state index is 12.5. The summed E-state index contributed by atoms with van der Waals surface area (Å²) in [4.78, 5) is 29.0. The number of anilines is 2. The van der Waals surface area contributed by atoms with Crippen LogP contribution in [0.15, 0.2) is 42.5 Å². The summed E-state index contributed by atoms with van der Waals surface area (Å²) in [7, 11) is 1.77. The van der Waals surface area contributed by atoms with E-state index in [2.05, 4.69) is 21.6 Å². The number of hydrogen-bond donors (Lipinski definition) is 2. The molecule has 2 aromatic rings. The molecule has 0 aliphatic carbocycles. The Morgan fingerprint density at radius 1 is 1.00 bits per heavy atom. The average Bonchev–Trinajstić information content (AvgIpc) is 2.72. The van der Waals surface area contributed by atoms with Gasteiger partial charge < -0.3 is 10.6 Å². The quantitative estimate of drug-likeness (QED) is 0.659. The van der Waals surface area contributed by atoms with Gasteiger partial charge in [0.1, 0.15) is 0 Å². The zero-order chi connectivity index (χ0) is 22.2. The third-order valence-electron chi connectivity index (χ3n) is 5.43. The molecule has 0 aromatic heterocycles. The largest absolute Gasteiger partial charge is 0.325 e. The zero-order valence-corrected chi connectivity index (χ0v) is 19.4. The fourth-order valence-electron chi connectivity index (χ4n) is 3.59. The number of nitrogens with one attached hydrogen (secondary N) is 2. The summed E-state index contributed by atoms with van der Waals surface area (Å²) < 4.78 is 0. The van der Waals surface area contributed by atoms with Gasteiger partial charge in [0.2, 0.25) is 11.8 Å². The average molecular weight is 441 g/mol. The molecule has 2 amide bonds. The van der Waals surface area contributed by atoms with Crippen molar-refractivity contribution in [2.24, 2.45) is 0 Å². The summed E-state index contributed by atoms with van der Waals surface area (Å²) in [5, 5.41) is 5.89. The summed E-state index contributed by atoms with van der Waals surface area (Å²) in [5.74, 6) is 2.10. The number of amides is 2. The van der Waals surface area contributed by atoms with Gasteiger partial charge in [-0.1, -0.05) is 24.3 Å². The number of benzene rings is 2. The maximum Gasteiger partial charge on any atom is 0.238 e. The van der Waals surface area contributed by atoms with E-state index in [1.165, 1.54) is 17.1 Å². The summed E-state index contributed by atoms with van der Waals surface area (Å²) in [5.41, 5.74) is 4.99. The molecule has 0 atom stereocenters. The smallest absolute Gasteiger partial charge is 0.238 e. The van der Waals surface area contributed by atoms with E-state index in [4.69, 9.17) is 0 Å². The van der Waals surface area contributed by atoms with Gasteiger partial charge in [-0.2, -0.15) is 11.8 Å². The number of carbonyl (C=O) groups is 2. The Labute approximate surface area is 189 Å². The third kappa shape index (κ3) is 7.38. The number of likely N-dealkylation sites (N-methyl/N-ethyl adjacent to an activating group) is 1. The normalized spacial score (nSPS) is 14.5. The SMILES string of the molecule is Cc1cccc(NC(=O)CN(C)CC(=O)Nc2cccc(CN3CCSCC3)c2)c1C. The van der Waals surface area contributed by atoms with Crippen molar-refractivity contribution in [1.29, 1.82) is 0 Å². The number of nitrogens with zero attached hydrogens (tertiary/aromatic N) is 2. The van der Waals surface area contributed by atoms with E-state index in [-0.39, 0.29) is 24.9 Å². The highest BCUT2D eigenvalue weighted by Crippen LogP contribution is 2.18. The summed E-state index contributed by atoms with van der Waals surface area (Å²) in [6, 6.07) is 13.8. The van der Waals surface area contributed by atoms with Crippen LogP contribution in [0.2, 0.25) is 0 Å². The minimum absolute atomic E-state index is 0.131. The van der Waals surface area contributed by atoms with Crippen molar-refractivity contribution in [3.8, 4) is 0 Å². The Hall–Kier alpha value is -2.35. The van der Waals surface area contributed by atoms with Crippen LogP contribution in [0, 0.1) is 13.8 Å². The second kappa shape index (κ2) is 11.3. The van der Waals surface area contributed by atoms with Crippen LogP contribution in [0.4, 0.5) is 11.4 Å². The van der Waals surface area contributed by atoms with E-state index in [0.29, 0.717) is 0 Å². The maximum absolute atomic E-state index is 12.5. The van der Waals surface area contributed by atoms with Gasteiger partial charge in [-0.25, -0.2) is 0 Å². The Kier molecular flexibility index (Phi) is 8.51. The van der Waals surface area contributed by atoms with E-state index in [1.807, 2.05) is 62.0 Å². The lowest BCUT2D eigenvalue weighted by Gasteiger charge is -2.26. The van der Waals surface area contributed by atoms with E-state index >= 15 is 0 Å². The topological polar surface area (TPSA) is 64.7 Å². The lowest BCUT2D eigenvalue weighted by molar-refractivity contribution is -0.119. The van der Waals surface area contributed by atoms with Crippen LogP contribution in [0.1, 0.15) is 16.7 Å². The highest BCUT2D eigenvalue weighted by Gasteiger charge is 2.14. The van der Waals surface area contributed by atoms with Gasteiger partial charge in [0.15, 0.2) is 0 Å². The predicted octanol–water partition coefficient (Wildman–Crippen LogP) is 3.36. The van der Waals surface area contributed by atoms with Crippen LogP contribution in [0.25, 0.3) is 0 Å². The van der Waals surface area contributed by atoms with Crippen molar-refractivity contribution in [1.82, 2.24) is 9.80 Å². The molecule has 1 heterocycles. The van der Waals surface area contributed by atoms with Crippen LogP contribution in [-0.2, 0) is 16.1 Å². The molecule has 1 saturated heterocycles. The van der Waals surface area contributed by atoms with E-state index in [0.717, 1.165) is 42.1 Å². The molecule has 31 heavy (non-hydrogen) atoms. The second-order valence-corrected chi connectivity index (χ2v) is 9.33. The molecule has 1 aliphatic rings. The minimum atomic E-state index is -0.134. The van der Waals surface area contributed by atoms with Gasteiger partial charge in [-0.15, -0.1) is 0 Å². The van der Waals surface area contributed by atoms with Crippen molar-refractivity contribution < 1.29 is 9.59 Å². The van der Waals surface area contributed by atoms with Crippen LogP contribution in [-0.4, -0.2) is 66.3 Å². The first-order valence-corrected chi connectivity index (χ1v) is 11.8. The van der Waals surface area contributed by atoms with Crippen LogP contribution in [0.5, 0.6) is 0 Å². The highest BCUT2D eigenvalue weighted by atomic mass is 32.2. The standard InChI is InChI=1S/C24H32N4O2S/c1-18-6-4-9-22(19(18)2)26-24(30)17-27(3)16-23(29)25-21-8-5-7-20(14-21)15-28-10-12-31-13-11-28/h4-9,14H,10-13,15-17H2,1-3H3,(H,25,29)(H,26,30). The Morgan fingerprint density at radius 2 is 1.68 bits per heavy atom. The molecule has 3 rings (SSSR count). The number of thioether (sulfide) groups is 1. The Bertz CT molecular complexity index is 912. The molecule has 0 spiro atoms. The zero-order valence-electron chi connectivity index (χ0n) is 18.6. The molecular weight excluding hydrogens is 408 g/mol. The van der Waals surface area contributed by atoms with Crippen LogP contribution in [0.3, 0.4) is 0 Å². The first-order chi connectivity index (χ1) is 14.9. The van der Waals surface area contributed by atoms with Crippen LogP contribution >= 0.6 is 11.8 Å². The molecule has 7 heteroatoms. The molecule has 2 N–H and O–H groups in total. The predicted molar refractivity (Wildman–Crippen MR) is 130 cm³/mol.